The van der Waals surface area contributed by atoms with Crippen LogP contribution in [0.1, 0.15) is 26.5 Å². The quantitative estimate of drug-likeness (QED) is 0.858. The molecule has 2 aromatic heterocycles. The third kappa shape index (κ3) is 3.78. The van der Waals surface area contributed by atoms with Gasteiger partial charge in [0.1, 0.15) is 11.4 Å². The molecule has 0 radical (unpaired) electrons. The average molecular weight is 311 g/mol. The van der Waals surface area contributed by atoms with E-state index in [2.05, 4.69) is 14.8 Å². The number of hydrogen-bond donors (Lipinski definition) is 1. The maximum Gasteiger partial charge on any atom is 0.433 e. The Labute approximate surface area is 121 Å². The van der Waals surface area contributed by atoms with Crippen LogP contribution in [0.15, 0.2) is 42.7 Å². The van der Waals surface area contributed by atoms with E-state index in [9.17, 15) is 22.8 Å². The fourth-order valence-electron chi connectivity index (χ4n) is 1.41. The number of carbonyl (C=O) groups is 2. The minimum atomic E-state index is -4.68. The monoisotopic (exact) mass is 311 g/mol. The summed E-state index contributed by atoms with van der Waals surface area (Å²) in [6.45, 7) is 0. The fraction of sp³-hybridized carbons (Fsp3) is 0.0769. The normalized spacial score (nSPS) is 10.9. The minimum absolute atomic E-state index is 0.118. The number of rotatable bonds is 2. The van der Waals surface area contributed by atoms with Crippen LogP contribution in [0.4, 0.5) is 13.2 Å². The summed E-state index contributed by atoms with van der Waals surface area (Å²) in [6, 6.07) is 5.49. The lowest BCUT2D eigenvalue weighted by Crippen LogP contribution is -2.28. The van der Waals surface area contributed by atoms with Crippen molar-refractivity contribution in [2.24, 2.45) is 0 Å². The van der Waals surface area contributed by atoms with Gasteiger partial charge < -0.3 is 4.84 Å². The zero-order chi connectivity index (χ0) is 16.2. The molecule has 0 aliphatic heterocycles. The lowest BCUT2D eigenvalue weighted by molar-refractivity contribution is -0.141. The smallest absolute Gasteiger partial charge is 0.335 e. The summed E-state index contributed by atoms with van der Waals surface area (Å²) < 4.78 is 37.4. The number of pyridine rings is 2. The van der Waals surface area contributed by atoms with Crippen LogP contribution in [0.25, 0.3) is 0 Å². The van der Waals surface area contributed by atoms with Gasteiger partial charge in [0.25, 0.3) is 0 Å². The van der Waals surface area contributed by atoms with Gasteiger partial charge in [0.05, 0.1) is 5.56 Å². The molecule has 22 heavy (non-hydrogen) atoms. The Morgan fingerprint density at radius 3 is 2.41 bits per heavy atom. The van der Waals surface area contributed by atoms with E-state index in [1.807, 2.05) is 0 Å². The highest BCUT2D eigenvalue weighted by atomic mass is 19.4. The van der Waals surface area contributed by atoms with Crippen LogP contribution >= 0.6 is 0 Å². The van der Waals surface area contributed by atoms with Gasteiger partial charge in [-0.25, -0.2) is 9.78 Å². The molecule has 9 heteroatoms. The van der Waals surface area contributed by atoms with Crippen LogP contribution in [-0.2, 0) is 11.0 Å². The fourth-order valence-corrected chi connectivity index (χ4v) is 1.41. The summed E-state index contributed by atoms with van der Waals surface area (Å²) in [6.07, 6.45) is -2.00. The Balaban J connectivity index is 2.03. The number of amides is 1. The number of aromatic nitrogens is 2. The van der Waals surface area contributed by atoms with Crippen molar-refractivity contribution in [2.75, 3.05) is 0 Å². The number of nitrogens with zero attached hydrogens (tertiary/aromatic N) is 2. The molecular formula is C13H8F3N3O3. The van der Waals surface area contributed by atoms with Crippen LogP contribution in [0, 0.1) is 0 Å². The molecule has 6 nitrogen and oxygen atoms in total. The molecule has 0 aliphatic rings. The lowest BCUT2D eigenvalue weighted by Gasteiger charge is -2.08. The Hall–Kier alpha value is -2.97. The second-order valence-electron chi connectivity index (χ2n) is 3.96. The highest BCUT2D eigenvalue weighted by molar-refractivity contribution is 5.94. The zero-order valence-electron chi connectivity index (χ0n) is 10.8. The molecule has 0 saturated heterocycles. The van der Waals surface area contributed by atoms with E-state index in [1.165, 1.54) is 24.5 Å². The summed E-state index contributed by atoms with van der Waals surface area (Å²) in [5, 5.41) is 0. The molecule has 0 fully saturated rings. The highest BCUT2D eigenvalue weighted by Crippen LogP contribution is 2.27. The standard InChI is InChI=1S/C13H8F3N3O3/c14-13(15,16)10-3-1-2-9(18-10)11(20)19-22-12(21)8-4-6-17-7-5-8/h1-7H,(H,19,20). The summed E-state index contributed by atoms with van der Waals surface area (Å²) in [4.78, 5) is 34.5. The van der Waals surface area contributed by atoms with Gasteiger partial charge >= 0.3 is 18.1 Å². The molecule has 0 spiro atoms. The van der Waals surface area contributed by atoms with Gasteiger partial charge in [-0.1, -0.05) is 6.07 Å². The minimum Gasteiger partial charge on any atom is -0.335 e. The second-order valence-corrected chi connectivity index (χ2v) is 3.96. The van der Waals surface area contributed by atoms with Crippen molar-refractivity contribution >= 4 is 11.9 Å². The first-order chi connectivity index (χ1) is 10.4. The van der Waals surface area contributed by atoms with Crippen molar-refractivity contribution in [1.29, 1.82) is 0 Å². The average Bonchev–Trinajstić information content (AvgIpc) is 2.52. The van der Waals surface area contributed by atoms with Gasteiger partial charge in [0, 0.05) is 12.4 Å². The Morgan fingerprint density at radius 1 is 1.09 bits per heavy atom. The molecule has 0 unspecified atom stereocenters. The first-order valence-corrected chi connectivity index (χ1v) is 5.84. The molecular weight excluding hydrogens is 303 g/mol. The van der Waals surface area contributed by atoms with Crippen molar-refractivity contribution in [2.45, 2.75) is 6.18 Å². The number of nitrogens with one attached hydrogen (secondary N) is 1. The SMILES string of the molecule is O=C(ONC(=O)c1cccc(C(F)(F)F)n1)c1ccncc1. The predicted molar refractivity (Wildman–Crippen MR) is 66.4 cm³/mol. The predicted octanol–water partition coefficient (Wildman–Crippen LogP) is 2.00. The van der Waals surface area contributed by atoms with E-state index < -0.39 is 29.4 Å². The zero-order valence-corrected chi connectivity index (χ0v) is 10.8. The molecule has 0 aromatic carbocycles. The van der Waals surface area contributed by atoms with Crippen LogP contribution < -0.4 is 5.48 Å². The Morgan fingerprint density at radius 2 is 1.77 bits per heavy atom. The van der Waals surface area contributed by atoms with E-state index in [-0.39, 0.29) is 5.56 Å². The summed E-state index contributed by atoms with van der Waals surface area (Å²) in [7, 11) is 0. The molecule has 0 atom stereocenters. The van der Waals surface area contributed by atoms with Crippen LogP contribution in [-0.4, -0.2) is 21.8 Å². The topological polar surface area (TPSA) is 81.2 Å². The summed E-state index contributed by atoms with van der Waals surface area (Å²) in [5.41, 5.74) is 0.103. The summed E-state index contributed by atoms with van der Waals surface area (Å²) >= 11 is 0. The number of alkyl halides is 3. The van der Waals surface area contributed by atoms with Gasteiger partial charge in [-0.2, -0.15) is 18.7 Å². The van der Waals surface area contributed by atoms with Crippen LogP contribution in [0.5, 0.6) is 0 Å². The van der Waals surface area contributed by atoms with Crippen molar-refractivity contribution < 1.29 is 27.6 Å². The number of carbonyl (C=O) groups excluding carboxylic acids is 2. The molecule has 2 aromatic rings. The molecule has 1 amide bonds. The van der Waals surface area contributed by atoms with E-state index in [0.29, 0.717) is 0 Å². The first kappa shape index (κ1) is 15.4. The van der Waals surface area contributed by atoms with Crippen molar-refractivity contribution in [3.63, 3.8) is 0 Å². The van der Waals surface area contributed by atoms with E-state index >= 15 is 0 Å². The van der Waals surface area contributed by atoms with Crippen molar-refractivity contribution in [3.8, 4) is 0 Å². The van der Waals surface area contributed by atoms with Gasteiger partial charge in [-0.15, -0.1) is 0 Å². The molecule has 2 heterocycles. The van der Waals surface area contributed by atoms with Crippen molar-refractivity contribution in [1.82, 2.24) is 15.4 Å². The number of hydroxylamine groups is 1. The third-order valence-corrected chi connectivity index (χ3v) is 2.42. The van der Waals surface area contributed by atoms with E-state index in [1.54, 1.807) is 5.48 Å². The largest absolute Gasteiger partial charge is 0.433 e. The summed E-state index contributed by atoms with van der Waals surface area (Å²) in [5.74, 6) is -1.96. The van der Waals surface area contributed by atoms with Gasteiger partial charge in [-0.05, 0) is 24.3 Å². The first-order valence-electron chi connectivity index (χ1n) is 5.84. The molecule has 0 aliphatic carbocycles. The lowest BCUT2D eigenvalue weighted by atomic mass is 10.3. The Kier molecular flexibility index (Phi) is 4.35. The maximum atomic E-state index is 12.5. The van der Waals surface area contributed by atoms with Gasteiger partial charge in [-0.3, -0.25) is 9.78 Å². The van der Waals surface area contributed by atoms with Crippen molar-refractivity contribution in [3.05, 3.63) is 59.7 Å². The highest BCUT2D eigenvalue weighted by Gasteiger charge is 2.33. The molecule has 2 rings (SSSR count). The number of halogens is 3. The molecule has 0 bridgehead atoms. The van der Waals surface area contributed by atoms with E-state index in [4.69, 9.17) is 0 Å². The van der Waals surface area contributed by atoms with Gasteiger partial charge in [0.2, 0.25) is 0 Å². The Bertz CT molecular complexity index is 690. The van der Waals surface area contributed by atoms with Crippen LogP contribution in [0.3, 0.4) is 0 Å². The maximum absolute atomic E-state index is 12.5. The number of hydrogen-bond acceptors (Lipinski definition) is 5. The van der Waals surface area contributed by atoms with E-state index in [0.717, 1.165) is 18.2 Å². The second kappa shape index (κ2) is 6.20. The van der Waals surface area contributed by atoms with Gasteiger partial charge in [0.15, 0.2) is 0 Å². The molecule has 1 N–H and O–H groups in total. The third-order valence-electron chi connectivity index (χ3n) is 2.42. The molecule has 114 valence electrons. The molecule has 0 saturated carbocycles. The van der Waals surface area contributed by atoms with Crippen LogP contribution in [0.2, 0.25) is 0 Å².